The van der Waals surface area contributed by atoms with Gasteiger partial charge in [-0.15, -0.1) is 11.6 Å². The minimum absolute atomic E-state index is 0.0131. The minimum atomic E-state index is -0.674. The first-order valence-corrected chi connectivity index (χ1v) is 4.94. The lowest BCUT2D eigenvalue weighted by Crippen LogP contribution is -2.01. The molecule has 0 heterocycles. The van der Waals surface area contributed by atoms with Crippen molar-refractivity contribution in [2.24, 2.45) is 0 Å². The van der Waals surface area contributed by atoms with E-state index >= 15 is 0 Å². The van der Waals surface area contributed by atoms with Crippen LogP contribution in [0.2, 0.25) is 0 Å². The molecule has 14 heavy (non-hydrogen) atoms. The first-order valence-electron chi connectivity index (χ1n) is 4.41. The molecule has 4 heteroatoms. The zero-order valence-electron chi connectivity index (χ0n) is 7.40. The van der Waals surface area contributed by atoms with E-state index in [9.17, 15) is 8.78 Å². The van der Waals surface area contributed by atoms with E-state index in [1.807, 2.05) is 0 Å². The van der Waals surface area contributed by atoms with Gasteiger partial charge in [-0.1, -0.05) is 0 Å². The summed E-state index contributed by atoms with van der Waals surface area (Å²) in [7, 11) is 0. The van der Waals surface area contributed by atoms with Crippen LogP contribution in [0.1, 0.15) is 18.4 Å². The van der Waals surface area contributed by atoms with Crippen molar-refractivity contribution in [3.8, 4) is 5.75 Å². The molecule has 0 aliphatic heterocycles. The van der Waals surface area contributed by atoms with Crippen molar-refractivity contribution in [1.29, 1.82) is 0 Å². The Kier molecular flexibility index (Phi) is 2.59. The van der Waals surface area contributed by atoms with Crippen LogP contribution < -0.4 is 4.74 Å². The van der Waals surface area contributed by atoms with Crippen molar-refractivity contribution in [2.45, 2.75) is 24.8 Å². The molecule has 1 aromatic carbocycles. The zero-order chi connectivity index (χ0) is 10.1. The van der Waals surface area contributed by atoms with E-state index in [0.717, 1.165) is 12.8 Å². The number of rotatable bonds is 3. The Hall–Kier alpha value is -0.830. The van der Waals surface area contributed by atoms with Crippen molar-refractivity contribution in [1.82, 2.24) is 0 Å². The average Bonchev–Trinajstić information content (AvgIpc) is 2.94. The second-order valence-corrected chi connectivity index (χ2v) is 3.61. The van der Waals surface area contributed by atoms with Gasteiger partial charge in [0.25, 0.3) is 0 Å². The summed E-state index contributed by atoms with van der Waals surface area (Å²) in [6.07, 6.45) is 1.73. The molecule has 0 spiro atoms. The fraction of sp³-hybridized carbons (Fsp3) is 0.400. The number of alkyl halides is 1. The molecule has 0 atom stereocenters. The van der Waals surface area contributed by atoms with Gasteiger partial charge in [0.05, 0.1) is 6.10 Å². The molecule has 76 valence electrons. The summed E-state index contributed by atoms with van der Waals surface area (Å²) in [5.41, 5.74) is 0.421. The van der Waals surface area contributed by atoms with Crippen LogP contribution in [0.4, 0.5) is 8.78 Å². The van der Waals surface area contributed by atoms with E-state index in [-0.39, 0.29) is 17.7 Å². The third-order valence-electron chi connectivity index (χ3n) is 2.02. The number of ether oxygens (including phenoxy) is 1. The monoisotopic (exact) mass is 218 g/mol. The maximum atomic E-state index is 13.3. The molecule has 0 amide bonds. The Bertz CT molecular complexity index is 327. The second kappa shape index (κ2) is 3.73. The molecule has 0 aromatic heterocycles. The van der Waals surface area contributed by atoms with Crippen LogP contribution in [0.5, 0.6) is 5.75 Å². The van der Waals surface area contributed by atoms with E-state index in [2.05, 4.69) is 0 Å². The van der Waals surface area contributed by atoms with Gasteiger partial charge in [0, 0.05) is 5.88 Å². The molecule has 1 aromatic rings. The SMILES string of the molecule is Fc1cc(CCl)cc(F)c1OC1CC1. The van der Waals surface area contributed by atoms with Gasteiger partial charge >= 0.3 is 0 Å². The summed E-state index contributed by atoms with van der Waals surface area (Å²) in [6.45, 7) is 0. The van der Waals surface area contributed by atoms with Gasteiger partial charge in [-0.2, -0.15) is 0 Å². The third kappa shape index (κ3) is 1.98. The second-order valence-electron chi connectivity index (χ2n) is 3.34. The molecule has 0 saturated heterocycles. The molecule has 1 saturated carbocycles. The molecular formula is C10H9ClF2O. The standard InChI is InChI=1S/C10H9ClF2O/c11-5-6-3-8(12)10(9(13)4-6)14-7-1-2-7/h3-4,7H,1-2,5H2. The van der Waals surface area contributed by atoms with Gasteiger partial charge in [-0.25, -0.2) is 8.78 Å². The third-order valence-corrected chi connectivity index (χ3v) is 2.33. The van der Waals surface area contributed by atoms with Crippen molar-refractivity contribution >= 4 is 11.6 Å². The zero-order valence-corrected chi connectivity index (χ0v) is 8.15. The fourth-order valence-electron chi connectivity index (χ4n) is 1.15. The Morgan fingerprint density at radius 3 is 2.29 bits per heavy atom. The number of halogens is 3. The summed E-state index contributed by atoms with van der Waals surface area (Å²) in [5.74, 6) is -1.53. The molecule has 0 N–H and O–H groups in total. The first kappa shape index (κ1) is 9.71. The van der Waals surface area contributed by atoms with Gasteiger partial charge in [-0.05, 0) is 30.5 Å². The molecule has 0 bridgehead atoms. The fourth-order valence-corrected chi connectivity index (χ4v) is 1.31. The highest BCUT2D eigenvalue weighted by atomic mass is 35.5. The van der Waals surface area contributed by atoms with Crippen LogP contribution in [-0.4, -0.2) is 6.10 Å². The lowest BCUT2D eigenvalue weighted by Gasteiger charge is -2.07. The van der Waals surface area contributed by atoms with Gasteiger partial charge < -0.3 is 4.74 Å². The van der Waals surface area contributed by atoms with E-state index in [1.165, 1.54) is 12.1 Å². The number of hydrogen-bond acceptors (Lipinski definition) is 1. The Balaban J connectivity index is 2.28. The predicted molar refractivity (Wildman–Crippen MR) is 49.6 cm³/mol. The average molecular weight is 219 g/mol. The lowest BCUT2D eigenvalue weighted by molar-refractivity contribution is 0.271. The summed E-state index contributed by atoms with van der Waals surface area (Å²) >= 11 is 5.47. The molecule has 0 unspecified atom stereocenters. The van der Waals surface area contributed by atoms with E-state index < -0.39 is 11.6 Å². The van der Waals surface area contributed by atoms with E-state index in [4.69, 9.17) is 16.3 Å². The molecule has 1 aliphatic rings. The first-order chi connectivity index (χ1) is 6.70. The molecular weight excluding hydrogens is 210 g/mol. The lowest BCUT2D eigenvalue weighted by atomic mass is 10.2. The summed E-state index contributed by atoms with van der Waals surface area (Å²) in [4.78, 5) is 0. The summed E-state index contributed by atoms with van der Waals surface area (Å²) < 4.78 is 31.6. The largest absolute Gasteiger partial charge is 0.484 e. The van der Waals surface area contributed by atoms with Gasteiger partial charge in [0.2, 0.25) is 0 Å². The number of benzene rings is 1. The quantitative estimate of drug-likeness (QED) is 0.708. The van der Waals surface area contributed by atoms with Crippen LogP contribution in [0.15, 0.2) is 12.1 Å². The van der Waals surface area contributed by atoms with Gasteiger partial charge in [0.1, 0.15) is 0 Å². The van der Waals surface area contributed by atoms with Gasteiger partial charge in [-0.3, -0.25) is 0 Å². The topological polar surface area (TPSA) is 9.23 Å². The molecule has 1 nitrogen and oxygen atoms in total. The highest BCUT2D eigenvalue weighted by Gasteiger charge is 2.26. The summed E-state index contributed by atoms with van der Waals surface area (Å²) in [6, 6.07) is 2.40. The maximum absolute atomic E-state index is 13.3. The van der Waals surface area contributed by atoms with Crippen molar-refractivity contribution in [2.75, 3.05) is 0 Å². The Morgan fingerprint density at radius 2 is 1.86 bits per heavy atom. The normalized spacial score (nSPS) is 15.6. The van der Waals surface area contributed by atoms with E-state index in [1.54, 1.807) is 0 Å². The number of hydrogen-bond donors (Lipinski definition) is 0. The highest BCUT2D eigenvalue weighted by Crippen LogP contribution is 2.31. The Morgan fingerprint density at radius 1 is 1.29 bits per heavy atom. The van der Waals surface area contributed by atoms with Crippen molar-refractivity contribution < 1.29 is 13.5 Å². The molecule has 1 fully saturated rings. The predicted octanol–water partition coefficient (Wildman–Crippen LogP) is 3.24. The van der Waals surface area contributed by atoms with Crippen LogP contribution in [0, 0.1) is 11.6 Å². The molecule has 2 rings (SSSR count). The smallest absolute Gasteiger partial charge is 0.191 e. The minimum Gasteiger partial charge on any atom is -0.484 e. The maximum Gasteiger partial charge on any atom is 0.191 e. The molecule has 0 radical (unpaired) electrons. The van der Waals surface area contributed by atoms with Gasteiger partial charge in [0.15, 0.2) is 17.4 Å². The van der Waals surface area contributed by atoms with E-state index in [0.29, 0.717) is 5.56 Å². The van der Waals surface area contributed by atoms with Crippen molar-refractivity contribution in [3.63, 3.8) is 0 Å². The van der Waals surface area contributed by atoms with Crippen LogP contribution in [0.3, 0.4) is 0 Å². The Labute approximate surface area is 85.6 Å². The summed E-state index contributed by atoms with van der Waals surface area (Å²) in [5, 5.41) is 0. The van der Waals surface area contributed by atoms with Crippen molar-refractivity contribution in [3.05, 3.63) is 29.3 Å². The van der Waals surface area contributed by atoms with Crippen LogP contribution in [-0.2, 0) is 5.88 Å². The molecule has 1 aliphatic carbocycles. The van der Waals surface area contributed by atoms with Crippen LogP contribution >= 0.6 is 11.6 Å². The van der Waals surface area contributed by atoms with Crippen LogP contribution in [0.25, 0.3) is 0 Å². The highest BCUT2D eigenvalue weighted by molar-refractivity contribution is 6.17.